The Hall–Kier alpha value is -3.68. The van der Waals surface area contributed by atoms with Gasteiger partial charge in [-0.3, -0.25) is 4.79 Å². The summed E-state index contributed by atoms with van der Waals surface area (Å²) in [4.78, 5) is 37.1. The van der Waals surface area contributed by atoms with Crippen LogP contribution in [0.1, 0.15) is 21.7 Å². The molecular formula is C17H11F3N3O7S-. The summed E-state index contributed by atoms with van der Waals surface area (Å²) in [5.41, 5.74) is -8.91. The van der Waals surface area contributed by atoms with Gasteiger partial charge in [-0.15, -0.1) is 4.73 Å². The Morgan fingerprint density at radius 3 is 2.45 bits per heavy atom. The molecule has 0 radical (unpaired) electrons. The van der Waals surface area contributed by atoms with E-state index in [1.165, 1.54) is 6.92 Å². The molecule has 2 heterocycles. The van der Waals surface area contributed by atoms with Crippen molar-refractivity contribution in [1.29, 1.82) is 0 Å². The van der Waals surface area contributed by atoms with Gasteiger partial charge >= 0.3 is 15.6 Å². The predicted molar refractivity (Wildman–Crippen MR) is 95.2 cm³/mol. The number of benzene rings is 1. The van der Waals surface area contributed by atoms with Crippen molar-refractivity contribution in [3.05, 3.63) is 63.8 Å². The first-order valence-corrected chi connectivity index (χ1v) is 9.65. The summed E-state index contributed by atoms with van der Waals surface area (Å²) in [7, 11) is -6.33. The summed E-state index contributed by atoms with van der Waals surface area (Å²) in [6, 6.07) is 8.29. The Morgan fingerprint density at radius 2 is 1.87 bits per heavy atom. The second kappa shape index (κ2) is 7.86. The van der Waals surface area contributed by atoms with E-state index >= 15 is 0 Å². The number of carboxylic acid groups (broad SMARTS) is 1. The number of fused-ring (bicyclic) bond motifs is 1. The van der Waals surface area contributed by atoms with Gasteiger partial charge in [-0.25, -0.2) is 9.97 Å². The maximum absolute atomic E-state index is 12.8. The molecule has 0 fully saturated rings. The largest absolute Gasteiger partial charge is 0.544 e. The zero-order valence-corrected chi connectivity index (χ0v) is 16.2. The van der Waals surface area contributed by atoms with Crippen LogP contribution in [0.2, 0.25) is 0 Å². The number of rotatable bonds is 6. The van der Waals surface area contributed by atoms with Crippen LogP contribution < -0.4 is 19.7 Å². The molecule has 0 saturated heterocycles. The lowest BCUT2D eigenvalue weighted by molar-refractivity contribution is -0.255. The van der Waals surface area contributed by atoms with Gasteiger partial charge in [-0.05, 0) is 12.5 Å². The molecule has 3 aromatic rings. The van der Waals surface area contributed by atoms with Crippen LogP contribution in [-0.4, -0.2) is 34.6 Å². The van der Waals surface area contributed by atoms with Crippen LogP contribution in [0.3, 0.4) is 0 Å². The smallest absolute Gasteiger partial charge is 0.534 e. The van der Waals surface area contributed by atoms with Crippen LogP contribution in [0.25, 0.3) is 11.0 Å². The minimum Gasteiger partial charge on any atom is -0.544 e. The summed E-state index contributed by atoms with van der Waals surface area (Å²) >= 11 is 0. The van der Waals surface area contributed by atoms with Gasteiger partial charge in [-0.2, -0.15) is 21.6 Å². The molecular weight excluding hydrogens is 447 g/mol. The van der Waals surface area contributed by atoms with E-state index in [4.69, 9.17) is 4.84 Å². The number of alkyl halides is 3. The predicted octanol–water partition coefficient (Wildman–Crippen LogP) is 0.321. The molecule has 0 aliphatic rings. The van der Waals surface area contributed by atoms with E-state index in [1.54, 1.807) is 30.3 Å². The minimum absolute atomic E-state index is 0.0230. The normalized spacial score (nSPS) is 12.0. The van der Waals surface area contributed by atoms with E-state index in [9.17, 15) is 36.3 Å². The van der Waals surface area contributed by atoms with Gasteiger partial charge in [0, 0.05) is 6.20 Å². The van der Waals surface area contributed by atoms with Gasteiger partial charge in [0.05, 0.1) is 11.4 Å². The van der Waals surface area contributed by atoms with Crippen molar-refractivity contribution < 1.29 is 40.5 Å². The van der Waals surface area contributed by atoms with Gasteiger partial charge in [0.25, 0.3) is 5.56 Å². The van der Waals surface area contributed by atoms with Crippen LogP contribution in [0, 0.1) is 6.92 Å². The van der Waals surface area contributed by atoms with Crippen LogP contribution in [-0.2, 0) is 16.7 Å². The molecule has 0 bridgehead atoms. The average molecular weight is 458 g/mol. The van der Waals surface area contributed by atoms with Crippen molar-refractivity contribution in [3.63, 3.8) is 0 Å². The number of carbonyl (C=O) groups excluding carboxylic acids is 1. The molecule has 0 spiro atoms. The van der Waals surface area contributed by atoms with E-state index < -0.39 is 49.5 Å². The highest BCUT2D eigenvalue weighted by Gasteiger charge is 2.49. The fourth-order valence-electron chi connectivity index (χ4n) is 2.46. The monoisotopic (exact) mass is 458 g/mol. The lowest BCUT2D eigenvalue weighted by atomic mass is 10.2. The minimum atomic E-state index is -6.33. The number of carbonyl (C=O) groups is 1. The molecule has 3 rings (SSSR count). The Kier molecular flexibility index (Phi) is 5.59. The molecule has 0 aliphatic carbocycles. The van der Waals surface area contributed by atoms with Gasteiger partial charge in [0.2, 0.25) is 0 Å². The third-order valence-electron chi connectivity index (χ3n) is 3.84. The zero-order chi connectivity index (χ0) is 23.0. The Labute approximate surface area is 171 Å². The lowest BCUT2D eigenvalue weighted by Gasteiger charge is -2.18. The summed E-state index contributed by atoms with van der Waals surface area (Å²) in [5.74, 6) is -3.71. The standard InChI is InChI=1S/C17H12F3N3O7S/c1-9-21-7-11-13(30-31(27,28)17(18,19)20)12(16(25)26)15(24)23(14(11)22-9)29-8-10-5-3-2-4-6-10/h2-7H,8H2,1H3,(H,25,26)/p-1. The molecule has 0 aliphatic heterocycles. The molecule has 164 valence electrons. The van der Waals surface area contributed by atoms with Crippen molar-refractivity contribution in [2.24, 2.45) is 0 Å². The maximum Gasteiger partial charge on any atom is 0.534 e. The first-order valence-electron chi connectivity index (χ1n) is 8.24. The first-order chi connectivity index (χ1) is 14.4. The van der Waals surface area contributed by atoms with E-state index in [1.807, 2.05) is 0 Å². The number of aromatic nitrogens is 3. The second-order valence-corrected chi connectivity index (χ2v) is 7.53. The molecule has 0 atom stereocenters. The molecule has 31 heavy (non-hydrogen) atoms. The van der Waals surface area contributed by atoms with Crippen molar-refractivity contribution in [3.8, 4) is 5.75 Å². The first kappa shape index (κ1) is 22.0. The van der Waals surface area contributed by atoms with E-state index in [0.29, 0.717) is 10.3 Å². The summed E-state index contributed by atoms with van der Waals surface area (Å²) in [6.07, 6.45) is 0.799. The number of nitrogens with zero attached hydrogens (tertiary/aromatic N) is 3. The van der Waals surface area contributed by atoms with E-state index in [2.05, 4.69) is 14.2 Å². The summed E-state index contributed by atoms with van der Waals surface area (Å²) in [5, 5.41) is 10.9. The van der Waals surface area contributed by atoms with E-state index in [-0.39, 0.29) is 12.4 Å². The van der Waals surface area contributed by atoms with Gasteiger partial charge < -0.3 is 18.9 Å². The topological polar surface area (TPSA) is 141 Å². The van der Waals surface area contributed by atoms with Crippen molar-refractivity contribution in [1.82, 2.24) is 14.7 Å². The van der Waals surface area contributed by atoms with Crippen molar-refractivity contribution >= 4 is 27.1 Å². The fourth-order valence-corrected chi connectivity index (χ4v) is 2.95. The Bertz CT molecular complexity index is 1320. The van der Waals surface area contributed by atoms with Crippen molar-refractivity contribution in [2.75, 3.05) is 0 Å². The lowest BCUT2D eigenvalue weighted by Crippen LogP contribution is -2.38. The van der Waals surface area contributed by atoms with E-state index in [0.717, 1.165) is 6.20 Å². The van der Waals surface area contributed by atoms with Gasteiger partial charge in [-0.1, -0.05) is 30.3 Å². The van der Waals surface area contributed by atoms with Crippen LogP contribution in [0.15, 0.2) is 41.3 Å². The third-order valence-corrected chi connectivity index (χ3v) is 4.79. The number of aromatic carboxylic acids is 1. The molecule has 0 saturated carbocycles. The number of pyridine rings is 1. The average Bonchev–Trinajstić information content (AvgIpc) is 2.67. The van der Waals surface area contributed by atoms with Crippen LogP contribution in [0.4, 0.5) is 13.2 Å². The maximum atomic E-state index is 12.8. The highest BCUT2D eigenvalue weighted by Crippen LogP contribution is 2.32. The molecule has 2 aromatic heterocycles. The Morgan fingerprint density at radius 1 is 1.23 bits per heavy atom. The SMILES string of the molecule is Cc1ncc2c(OS(=O)(=O)C(F)(F)F)c(C(=O)[O-])c(=O)n(OCc3ccccc3)c2n1. The van der Waals surface area contributed by atoms with Gasteiger partial charge in [0.15, 0.2) is 11.4 Å². The molecule has 14 heteroatoms. The number of hydrogen-bond donors (Lipinski definition) is 0. The summed E-state index contributed by atoms with van der Waals surface area (Å²) in [6.45, 7) is 1.11. The molecule has 10 nitrogen and oxygen atoms in total. The Balaban J connectivity index is 2.27. The number of aryl methyl sites for hydroxylation is 1. The molecule has 1 aromatic carbocycles. The number of halogens is 3. The number of hydrogen-bond acceptors (Lipinski definition) is 9. The number of carboxylic acids is 1. The molecule has 0 unspecified atom stereocenters. The second-order valence-electron chi connectivity index (χ2n) is 5.99. The van der Waals surface area contributed by atoms with Crippen molar-refractivity contribution in [2.45, 2.75) is 19.0 Å². The quantitative estimate of drug-likeness (QED) is 0.377. The third kappa shape index (κ3) is 4.28. The highest BCUT2D eigenvalue weighted by atomic mass is 32.2. The molecule has 0 N–H and O–H groups in total. The molecule has 0 amide bonds. The van der Waals surface area contributed by atoms with Crippen LogP contribution in [0.5, 0.6) is 5.75 Å². The van der Waals surface area contributed by atoms with Crippen LogP contribution >= 0.6 is 0 Å². The highest BCUT2D eigenvalue weighted by molar-refractivity contribution is 7.88. The fraction of sp³-hybridized carbons (Fsp3) is 0.176. The van der Waals surface area contributed by atoms with Gasteiger partial charge in [0.1, 0.15) is 18.0 Å². The zero-order valence-electron chi connectivity index (χ0n) is 15.4. The summed E-state index contributed by atoms with van der Waals surface area (Å²) < 4.78 is 65.7.